The van der Waals surface area contributed by atoms with E-state index in [1.165, 1.54) is 148 Å². The van der Waals surface area contributed by atoms with Gasteiger partial charge in [-0.15, -0.1) is 0 Å². The second-order valence-electron chi connectivity index (χ2n) is 22.0. The first-order valence-electron chi connectivity index (χ1n) is 33.5. The molecule has 80 heavy (non-hydrogen) atoms. The maximum atomic E-state index is 12.9. The molecule has 6 nitrogen and oxygen atoms in total. The van der Waals surface area contributed by atoms with Crippen molar-refractivity contribution < 1.29 is 28.6 Å². The second-order valence-corrected chi connectivity index (χ2v) is 22.0. The minimum Gasteiger partial charge on any atom is -0.462 e. The van der Waals surface area contributed by atoms with E-state index in [1.807, 2.05) is 0 Å². The third-order valence-electron chi connectivity index (χ3n) is 14.2. The van der Waals surface area contributed by atoms with Crippen molar-refractivity contribution in [3.05, 3.63) is 122 Å². The summed E-state index contributed by atoms with van der Waals surface area (Å²) in [5.41, 5.74) is 0. The highest BCUT2D eigenvalue weighted by atomic mass is 16.6. The van der Waals surface area contributed by atoms with E-state index >= 15 is 0 Å². The van der Waals surface area contributed by atoms with E-state index in [1.54, 1.807) is 0 Å². The fourth-order valence-corrected chi connectivity index (χ4v) is 9.20. The number of carbonyl (C=O) groups is 3. The highest BCUT2D eigenvalue weighted by Crippen LogP contribution is 2.16. The van der Waals surface area contributed by atoms with Crippen LogP contribution in [0.1, 0.15) is 310 Å². The molecule has 456 valence electrons. The Morgan fingerprint density at radius 1 is 0.263 bits per heavy atom. The van der Waals surface area contributed by atoms with Gasteiger partial charge in [0, 0.05) is 19.3 Å². The SMILES string of the molecule is CC/C=C\C/C=C\C/C=C\C/C=C\C/C=C\C/C=C\C/C=C\C/C=C\C/C=C\CCCCCC(=O)OCC(COC(=O)CCCCCCCCCCCC)OC(=O)CCCCCCCCCCC/C=C\CCCCCCCCCC. The van der Waals surface area contributed by atoms with Crippen molar-refractivity contribution in [3.63, 3.8) is 0 Å². The van der Waals surface area contributed by atoms with Crippen LogP contribution in [0.2, 0.25) is 0 Å². The van der Waals surface area contributed by atoms with Gasteiger partial charge in [0.2, 0.25) is 0 Å². The van der Waals surface area contributed by atoms with Crippen molar-refractivity contribution in [2.24, 2.45) is 0 Å². The van der Waals surface area contributed by atoms with Crippen LogP contribution in [0.4, 0.5) is 0 Å². The van der Waals surface area contributed by atoms with Gasteiger partial charge in [0.1, 0.15) is 13.2 Å². The average molecular weight is 1110 g/mol. The van der Waals surface area contributed by atoms with Crippen molar-refractivity contribution in [2.45, 2.75) is 316 Å². The van der Waals surface area contributed by atoms with Crippen molar-refractivity contribution in [3.8, 4) is 0 Å². The summed E-state index contributed by atoms with van der Waals surface area (Å²) in [5, 5.41) is 0. The van der Waals surface area contributed by atoms with Crippen LogP contribution in [0.5, 0.6) is 0 Å². The number of allylic oxidation sites excluding steroid dienone is 20. The summed E-state index contributed by atoms with van der Waals surface area (Å²) >= 11 is 0. The molecule has 0 saturated carbocycles. The molecule has 6 heteroatoms. The molecule has 0 heterocycles. The van der Waals surface area contributed by atoms with Gasteiger partial charge in [-0.05, 0) is 116 Å². The molecular weight excluding hydrogens is 985 g/mol. The smallest absolute Gasteiger partial charge is 0.306 e. The fourth-order valence-electron chi connectivity index (χ4n) is 9.20. The molecule has 0 aliphatic heterocycles. The predicted molar refractivity (Wildman–Crippen MR) is 348 cm³/mol. The lowest BCUT2D eigenvalue weighted by atomic mass is 10.1. The highest BCUT2D eigenvalue weighted by molar-refractivity contribution is 5.71. The highest BCUT2D eigenvalue weighted by Gasteiger charge is 2.19. The van der Waals surface area contributed by atoms with E-state index in [0.29, 0.717) is 19.3 Å². The van der Waals surface area contributed by atoms with Crippen LogP contribution >= 0.6 is 0 Å². The first-order chi connectivity index (χ1) is 39.5. The van der Waals surface area contributed by atoms with Crippen LogP contribution in [0, 0.1) is 0 Å². The first-order valence-corrected chi connectivity index (χ1v) is 33.5. The minimum absolute atomic E-state index is 0.0888. The number of hydrogen-bond acceptors (Lipinski definition) is 6. The summed E-state index contributed by atoms with van der Waals surface area (Å²) in [5.74, 6) is -0.920. The molecule has 0 spiro atoms. The van der Waals surface area contributed by atoms with Crippen LogP contribution in [0.3, 0.4) is 0 Å². The summed E-state index contributed by atoms with van der Waals surface area (Å²) < 4.78 is 16.9. The van der Waals surface area contributed by atoms with Gasteiger partial charge in [0.15, 0.2) is 6.10 Å². The predicted octanol–water partition coefficient (Wildman–Crippen LogP) is 23.2. The summed E-state index contributed by atoms with van der Waals surface area (Å²) in [6.07, 6.45) is 93.6. The number of rotatable bonds is 60. The average Bonchev–Trinajstić information content (AvgIpc) is 3.46. The standard InChI is InChI=1S/C74H124O6/c1-4-7-10-13-16-19-22-24-26-28-30-32-33-34-35-36-37-38-39-40-41-43-44-46-48-50-52-55-58-61-64-67-73(76)79-70-71(69-78-72(75)66-63-60-57-54-21-18-15-12-9-6-3)80-74(77)68-65-62-59-56-53-51-49-47-45-42-31-29-27-25-23-20-17-14-11-8-5-2/h7,10,16,19,24,26,29-32,34-35,37-38,40-41,44,46,50,52,71H,4-6,8-9,11-15,17-18,20-23,25,27-28,33,36,39,42-43,45,47-49,51,53-70H2,1-3H3/b10-7-,19-16-,26-24-,31-29-,32-30-,35-34-,38-37-,41-40-,46-44-,52-50-. The molecule has 0 aliphatic rings. The molecule has 1 atom stereocenters. The molecule has 0 radical (unpaired) electrons. The Kier molecular flexibility index (Phi) is 63.8. The quantitative estimate of drug-likeness (QED) is 0.0261. The van der Waals surface area contributed by atoms with Gasteiger partial charge in [-0.2, -0.15) is 0 Å². The molecule has 0 aromatic carbocycles. The number of carbonyl (C=O) groups excluding carboxylic acids is 3. The molecule has 0 aliphatic carbocycles. The van der Waals surface area contributed by atoms with Gasteiger partial charge in [0.05, 0.1) is 0 Å². The maximum Gasteiger partial charge on any atom is 0.306 e. The Morgan fingerprint density at radius 3 is 0.787 bits per heavy atom. The molecule has 1 unspecified atom stereocenters. The number of ether oxygens (including phenoxy) is 3. The van der Waals surface area contributed by atoms with Crippen LogP contribution < -0.4 is 0 Å². The molecule has 0 saturated heterocycles. The molecule has 0 rings (SSSR count). The molecule has 0 bridgehead atoms. The Bertz CT molecular complexity index is 1650. The largest absolute Gasteiger partial charge is 0.462 e. The van der Waals surface area contributed by atoms with Crippen molar-refractivity contribution in [1.82, 2.24) is 0 Å². The molecule has 0 aromatic rings. The zero-order valence-corrected chi connectivity index (χ0v) is 52.3. The van der Waals surface area contributed by atoms with Crippen molar-refractivity contribution in [1.29, 1.82) is 0 Å². The van der Waals surface area contributed by atoms with Gasteiger partial charge < -0.3 is 14.2 Å². The molecule has 0 fully saturated rings. The van der Waals surface area contributed by atoms with Gasteiger partial charge in [-0.25, -0.2) is 0 Å². The van der Waals surface area contributed by atoms with E-state index in [2.05, 4.69) is 142 Å². The monoisotopic (exact) mass is 1110 g/mol. The molecule has 0 amide bonds. The van der Waals surface area contributed by atoms with Gasteiger partial charge in [-0.1, -0.05) is 296 Å². The minimum atomic E-state index is -0.794. The van der Waals surface area contributed by atoms with Crippen LogP contribution in [0.15, 0.2) is 122 Å². The van der Waals surface area contributed by atoms with E-state index in [-0.39, 0.29) is 31.1 Å². The van der Waals surface area contributed by atoms with Gasteiger partial charge >= 0.3 is 17.9 Å². The molecule has 0 N–H and O–H groups in total. The Hall–Kier alpha value is -4.19. The van der Waals surface area contributed by atoms with Crippen molar-refractivity contribution in [2.75, 3.05) is 13.2 Å². The van der Waals surface area contributed by atoms with E-state index < -0.39 is 6.10 Å². The maximum absolute atomic E-state index is 12.9. The van der Waals surface area contributed by atoms with Crippen molar-refractivity contribution >= 4 is 17.9 Å². The Balaban J connectivity index is 4.32. The lowest BCUT2D eigenvalue weighted by molar-refractivity contribution is -0.167. The zero-order valence-electron chi connectivity index (χ0n) is 52.3. The van der Waals surface area contributed by atoms with E-state index in [0.717, 1.165) is 122 Å². The fraction of sp³-hybridized carbons (Fsp3) is 0.689. The lowest BCUT2D eigenvalue weighted by Crippen LogP contribution is -2.30. The Morgan fingerprint density at radius 2 is 0.487 bits per heavy atom. The summed E-state index contributed by atoms with van der Waals surface area (Å²) in [6, 6.07) is 0. The van der Waals surface area contributed by atoms with E-state index in [4.69, 9.17) is 14.2 Å². The van der Waals surface area contributed by atoms with Gasteiger partial charge in [0.25, 0.3) is 0 Å². The normalized spacial score (nSPS) is 12.9. The van der Waals surface area contributed by atoms with Gasteiger partial charge in [-0.3, -0.25) is 14.4 Å². The van der Waals surface area contributed by atoms with Crippen LogP contribution in [-0.2, 0) is 28.6 Å². The first kappa shape index (κ1) is 75.8. The Labute approximate surface area is 494 Å². The third-order valence-corrected chi connectivity index (χ3v) is 14.2. The molecule has 0 aromatic heterocycles. The summed E-state index contributed by atoms with van der Waals surface area (Å²) in [7, 11) is 0. The number of esters is 3. The summed E-state index contributed by atoms with van der Waals surface area (Å²) in [6.45, 7) is 6.50. The molecular formula is C74H124O6. The topological polar surface area (TPSA) is 78.9 Å². The summed E-state index contributed by atoms with van der Waals surface area (Å²) in [4.78, 5) is 38.3. The zero-order chi connectivity index (χ0) is 57.8. The second kappa shape index (κ2) is 67.3. The van der Waals surface area contributed by atoms with Crippen LogP contribution in [0.25, 0.3) is 0 Å². The number of unbranched alkanes of at least 4 members (excludes halogenated alkanes) is 29. The van der Waals surface area contributed by atoms with Crippen LogP contribution in [-0.4, -0.2) is 37.2 Å². The lowest BCUT2D eigenvalue weighted by Gasteiger charge is -2.18. The van der Waals surface area contributed by atoms with E-state index in [9.17, 15) is 14.4 Å². The third kappa shape index (κ3) is 64.6. The number of hydrogen-bond donors (Lipinski definition) is 0.